The van der Waals surface area contributed by atoms with Crippen LogP contribution in [0.15, 0.2) is 0 Å². The molecule has 2 nitrogen and oxygen atoms in total. The van der Waals surface area contributed by atoms with Gasteiger partial charge in [-0.3, -0.25) is 0 Å². The molecule has 3 heteroatoms. The Kier molecular flexibility index (Phi) is 5.93. The van der Waals surface area contributed by atoms with Crippen LogP contribution in [0.3, 0.4) is 0 Å². The first-order chi connectivity index (χ1) is 5.67. The molecule has 1 aliphatic heterocycles. The lowest BCUT2D eigenvalue weighted by Crippen LogP contribution is -2.37. The maximum Gasteiger partial charge on any atom is 0.0468 e. The molecular weight excluding hydrogens is 186 g/mol. The number of hydrogen-bond donors (Lipinski definition) is 1. The Morgan fingerprint density at radius 2 is 1.85 bits per heavy atom. The summed E-state index contributed by atoms with van der Waals surface area (Å²) in [5.74, 6) is 0.832. The van der Waals surface area contributed by atoms with Crippen LogP contribution in [0.5, 0.6) is 0 Å². The molecule has 0 spiro atoms. The monoisotopic (exact) mass is 207 g/mol. The Morgan fingerprint density at radius 3 is 2.31 bits per heavy atom. The summed E-state index contributed by atoms with van der Waals surface area (Å²) in [6, 6.07) is 0. The molecule has 0 atom stereocenters. The van der Waals surface area contributed by atoms with E-state index in [2.05, 4.69) is 19.2 Å². The minimum atomic E-state index is 0. The molecule has 0 aromatic rings. The van der Waals surface area contributed by atoms with Gasteiger partial charge in [-0.1, -0.05) is 13.8 Å². The lowest BCUT2D eigenvalue weighted by molar-refractivity contribution is 0.0234. The van der Waals surface area contributed by atoms with E-state index in [1.165, 1.54) is 12.8 Å². The average molecular weight is 208 g/mol. The predicted molar refractivity (Wildman–Crippen MR) is 58.5 cm³/mol. The second-order valence-electron chi connectivity index (χ2n) is 4.41. The van der Waals surface area contributed by atoms with Gasteiger partial charge in [0, 0.05) is 19.8 Å². The molecule has 1 aliphatic rings. The van der Waals surface area contributed by atoms with Gasteiger partial charge in [0.05, 0.1) is 0 Å². The maximum absolute atomic E-state index is 5.35. The van der Waals surface area contributed by atoms with E-state index < -0.39 is 0 Å². The average Bonchev–Trinajstić information content (AvgIpc) is 2.06. The van der Waals surface area contributed by atoms with Crippen LogP contribution in [0.1, 0.15) is 26.7 Å². The van der Waals surface area contributed by atoms with Crippen molar-refractivity contribution in [2.24, 2.45) is 11.3 Å². The molecule has 0 amide bonds. The third-order valence-corrected chi connectivity index (χ3v) is 2.96. The summed E-state index contributed by atoms with van der Waals surface area (Å²) in [5, 5.41) is 3.26. The van der Waals surface area contributed by atoms with Gasteiger partial charge in [0.25, 0.3) is 0 Å². The van der Waals surface area contributed by atoms with E-state index in [4.69, 9.17) is 4.74 Å². The van der Waals surface area contributed by atoms with E-state index in [0.717, 1.165) is 25.7 Å². The summed E-state index contributed by atoms with van der Waals surface area (Å²) in [6.07, 6.45) is 2.46. The van der Waals surface area contributed by atoms with Crippen LogP contribution in [0.4, 0.5) is 0 Å². The highest BCUT2D eigenvalue weighted by Crippen LogP contribution is 2.33. The molecule has 0 aromatic carbocycles. The first-order valence-electron chi connectivity index (χ1n) is 4.89. The topological polar surface area (TPSA) is 21.3 Å². The molecule has 1 saturated heterocycles. The zero-order chi connectivity index (χ0) is 9.03. The van der Waals surface area contributed by atoms with Crippen molar-refractivity contribution in [3.8, 4) is 0 Å². The van der Waals surface area contributed by atoms with Crippen LogP contribution in [0.2, 0.25) is 0 Å². The number of hydrogen-bond acceptors (Lipinski definition) is 2. The predicted octanol–water partition coefficient (Wildman–Crippen LogP) is 2.08. The van der Waals surface area contributed by atoms with Crippen LogP contribution < -0.4 is 5.32 Å². The smallest absolute Gasteiger partial charge is 0.0468 e. The molecule has 0 radical (unpaired) electrons. The molecule has 13 heavy (non-hydrogen) atoms. The normalized spacial score (nSPS) is 19.6. The van der Waals surface area contributed by atoms with E-state index in [1.807, 2.05) is 7.05 Å². The number of ether oxygens (including phenoxy) is 1. The summed E-state index contributed by atoms with van der Waals surface area (Å²) in [7, 11) is 2.03. The van der Waals surface area contributed by atoms with Gasteiger partial charge in [-0.2, -0.15) is 0 Å². The third kappa shape index (κ3) is 3.84. The Labute approximate surface area is 87.8 Å². The van der Waals surface area contributed by atoms with Crippen LogP contribution in [0, 0.1) is 11.3 Å². The standard InChI is InChI=1S/C10H21NO.ClH/c1-10(2,8-11-3)9-4-6-12-7-5-9;/h9,11H,4-8H2,1-3H3;1H. The molecule has 80 valence electrons. The van der Waals surface area contributed by atoms with Crippen molar-refractivity contribution in [3.63, 3.8) is 0 Å². The number of nitrogens with one attached hydrogen (secondary N) is 1. The van der Waals surface area contributed by atoms with Gasteiger partial charge in [-0.15, -0.1) is 12.4 Å². The summed E-state index contributed by atoms with van der Waals surface area (Å²) in [4.78, 5) is 0. The molecule has 1 rings (SSSR count). The second-order valence-corrected chi connectivity index (χ2v) is 4.41. The van der Waals surface area contributed by atoms with Gasteiger partial charge >= 0.3 is 0 Å². The van der Waals surface area contributed by atoms with Crippen molar-refractivity contribution >= 4 is 12.4 Å². The Morgan fingerprint density at radius 1 is 1.31 bits per heavy atom. The minimum Gasteiger partial charge on any atom is -0.381 e. The first-order valence-corrected chi connectivity index (χ1v) is 4.89. The number of halogens is 1. The zero-order valence-corrected chi connectivity index (χ0v) is 9.75. The quantitative estimate of drug-likeness (QED) is 0.765. The summed E-state index contributed by atoms with van der Waals surface area (Å²) in [5.41, 5.74) is 0.429. The Bertz CT molecular complexity index is 133. The van der Waals surface area contributed by atoms with Gasteiger partial charge in [0.2, 0.25) is 0 Å². The lowest BCUT2D eigenvalue weighted by Gasteiger charge is -2.36. The van der Waals surface area contributed by atoms with E-state index in [-0.39, 0.29) is 12.4 Å². The van der Waals surface area contributed by atoms with Crippen molar-refractivity contribution in [2.45, 2.75) is 26.7 Å². The molecule has 0 aliphatic carbocycles. The van der Waals surface area contributed by atoms with E-state index in [0.29, 0.717) is 5.41 Å². The van der Waals surface area contributed by atoms with Crippen LogP contribution in [-0.4, -0.2) is 26.8 Å². The Hall–Kier alpha value is 0.210. The lowest BCUT2D eigenvalue weighted by atomic mass is 9.74. The van der Waals surface area contributed by atoms with Crippen molar-refractivity contribution in [2.75, 3.05) is 26.8 Å². The van der Waals surface area contributed by atoms with Gasteiger partial charge in [-0.05, 0) is 31.2 Å². The summed E-state index contributed by atoms with van der Waals surface area (Å²) in [6.45, 7) is 7.71. The van der Waals surface area contributed by atoms with Gasteiger partial charge < -0.3 is 10.1 Å². The molecule has 1 fully saturated rings. The molecular formula is C10H22ClNO. The third-order valence-electron chi connectivity index (χ3n) is 2.96. The van der Waals surface area contributed by atoms with Gasteiger partial charge in [0.1, 0.15) is 0 Å². The fourth-order valence-electron chi connectivity index (χ4n) is 2.08. The highest BCUT2D eigenvalue weighted by atomic mass is 35.5. The van der Waals surface area contributed by atoms with Crippen LogP contribution in [-0.2, 0) is 4.74 Å². The maximum atomic E-state index is 5.35. The van der Waals surface area contributed by atoms with Gasteiger partial charge in [-0.25, -0.2) is 0 Å². The van der Waals surface area contributed by atoms with E-state index in [9.17, 15) is 0 Å². The SMILES string of the molecule is CNCC(C)(C)C1CCOCC1.Cl. The van der Waals surface area contributed by atoms with E-state index >= 15 is 0 Å². The highest BCUT2D eigenvalue weighted by molar-refractivity contribution is 5.85. The molecule has 1 heterocycles. The molecule has 0 bridgehead atoms. The second kappa shape index (κ2) is 5.84. The van der Waals surface area contributed by atoms with Crippen molar-refractivity contribution in [1.82, 2.24) is 5.32 Å². The number of rotatable bonds is 3. The fourth-order valence-corrected chi connectivity index (χ4v) is 2.08. The van der Waals surface area contributed by atoms with Crippen molar-refractivity contribution < 1.29 is 4.74 Å². The molecule has 0 unspecified atom stereocenters. The minimum absolute atomic E-state index is 0. The van der Waals surface area contributed by atoms with Crippen LogP contribution in [0.25, 0.3) is 0 Å². The van der Waals surface area contributed by atoms with Crippen molar-refractivity contribution in [3.05, 3.63) is 0 Å². The molecule has 1 N–H and O–H groups in total. The summed E-state index contributed by atoms with van der Waals surface area (Å²) < 4.78 is 5.35. The largest absolute Gasteiger partial charge is 0.381 e. The fraction of sp³-hybridized carbons (Fsp3) is 1.00. The molecule has 0 saturated carbocycles. The van der Waals surface area contributed by atoms with Crippen molar-refractivity contribution in [1.29, 1.82) is 0 Å². The first kappa shape index (κ1) is 13.2. The van der Waals surface area contributed by atoms with Gasteiger partial charge in [0.15, 0.2) is 0 Å². The highest BCUT2D eigenvalue weighted by Gasteiger charge is 2.29. The molecule has 0 aromatic heterocycles. The van der Waals surface area contributed by atoms with E-state index in [1.54, 1.807) is 0 Å². The zero-order valence-electron chi connectivity index (χ0n) is 8.93. The Balaban J connectivity index is 0.00000144. The van der Waals surface area contributed by atoms with Crippen LogP contribution >= 0.6 is 12.4 Å². The summed E-state index contributed by atoms with van der Waals surface area (Å²) >= 11 is 0.